The summed E-state index contributed by atoms with van der Waals surface area (Å²) >= 11 is 5.34. The third-order valence-corrected chi connectivity index (χ3v) is 2.36. The lowest BCUT2D eigenvalue weighted by Gasteiger charge is -2.00. The van der Waals surface area contributed by atoms with Gasteiger partial charge in [0.05, 0.1) is 0 Å². The van der Waals surface area contributed by atoms with E-state index in [9.17, 15) is 4.21 Å². The van der Waals surface area contributed by atoms with Gasteiger partial charge in [-0.3, -0.25) is 0 Å². The first kappa shape index (κ1) is 8.56. The van der Waals surface area contributed by atoms with Crippen molar-refractivity contribution < 1.29 is 4.21 Å². The van der Waals surface area contributed by atoms with Gasteiger partial charge in [0, 0.05) is 5.69 Å². The van der Waals surface area contributed by atoms with E-state index in [1.165, 1.54) is 0 Å². The van der Waals surface area contributed by atoms with Gasteiger partial charge >= 0.3 is 0 Å². The van der Waals surface area contributed by atoms with Gasteiger partial charge in [0.2, 0.25) is 0 Å². The van der Waals surface area contributed by atoms with Crippen LogP contribution in [0.2, 0.25) is 0 Å². The van der Waals surface area contributed by atoms with Crippen LogP contribution in [0.5, 0.6) is 0 Å². The number of nitrogens with one attached hydrogen (secondary N) is 1. The number of benzene rings is 1. The summed E-state index contributed by atoms with van der Waals surface area (Å²) in [6.45, 7) is 0. The molecular formula is C7H8ClNOS. The minimum atomic E-state index is -1.16. The van der Waals surface area contributed by atoms with Crippen LogP contribution < -0.4 is 4.72 Å². The van der Waals surface area contributed by atoms with E-state index in [0.717, 1.165) is 5.69 Å². The van der Waals surface area contributed by atoms with Crippen molar-refractivity contribution in [3.63, 3.8) is 0 Å². The maximum absolute atomic E-state index is 10.8. The van der Waals surface area contributed by atoms with Gasteiger partial charge in [-0.1, -0.05) is 18.2 Å². The van der Waals surface area contributed by atoms with Crippen LogP contribution in [0.4, 0.5) is 5.69 Å². The zero-order valence-electron chi connectivity index (χ0n) is 5.79. The van der Waals surface area contributed by atoms with Gasteiger partial charge in [-0.05, 0) is 12.1 Å². The van der Waals surface area contributed by atoms with Crippen molar-refractivity contribution >= 4 is 28.3 Å². The Hall–Kier alpha value is -0.540. The van der Waals surface area contributed by atoms with Crippen LogP contribution in [-0.2, 0) is 11.0 Å². The zero-order valence-corrected chi connectivity index (χ0v) is 7.36. The predicted molar refractivity (Wildman–Crippen MR) is 48.9 cm³/mol. The number of halogens is 1. The van der Waals surface area contributed by atoms with Gasteiger partial charge in [-0.2, -0.15) is 0 Å². The van der Waals surface area contributed by atoms with Crippen molar-refractivity contribution in [2.45, 2.75) is 0 Å². The molecule has 0 aliphatic carbocycles. The molecule has 0 heterocycles. The fourth-order valence-corrected chi connectivity index (χ4v) is 1.28. The van der Waals surface area contributed by atoms with Crippen molar-refractivity contribution in [2.75, 3.05) is 9.93 Å². The molecule has 2 nitrogen and oxygen atoms in total. The summed E-state index contributed by atoms with van der Waals surface area (Å²) in [5.74, 6) is 0. The summed E-state index contributed by atoms with van der Waals surface area (Å²) in [5, 5.41) is 0.106. The van der Waals surface area contributed by atoms with Crippen LogP contribution in [0.1, 0.15) is 0 Å². The van der Waals surface area contributed by atoms with Gasteiger partial charge in [0.15, 0.2) is 0 Å². The molecule has 1 aromatic rings. The molecule has 0 radical (unpaired) electrons. The minimum Gasteiger partial charge on any atom is -0.304 e. The standard InChI is InChI=1S/C7H8ClNOS/c8-6-11(10)9-7-4-2-1-3-5-7/h1-5,9H,6H2. The second-order valence-electron chi connectivity index (χ2n) is 1.92. The molecule has 1 unspecified atom stereocenters. The second-order valence-corrected chi connectivity index (χ2v) is 3.69. The third kappa shape index (κ3) is 2.91. The monoisotopic (exact) mass is 189 g/mol. The highest BCUT2D eigenvalue weighted by Crippen LogP contribution is 2.05. The predicted octanol–water partition coefficient (Wildman–Crippen LogP) is 1.96. The molecule has 0 saturated heterocycles. The van der Waals surface area contributed by atoms with E-state index in [4.69, 9.17) is 11.6 Å². The van der Waals surface area contributed by atoms with E-state index in [0.29, 0.717) is 0 Å². The van der Waals surface area contributed by atoms with Crippen molar-refractivity contribution in [1.29, 1.82) is 0 Å². The molecule has 60 valence electrons. The molecule has 1 aromatic carbocycles. The highest BCUT2D eigenvalue weighted by Gasteiger charge is 1.94. The van der Waals surface area contributed by atoms with Crippen LogP contribution in [-0.4, -0.2) is 9.42 Å². The topological polar surface area (TPSA) is 29.1 Å². The lowest BCUT2D eigenvalue weighted by Crippen LogP contribution is -2.04. The third-order valence-electron chi connectivity index (χ3n) is 1.10. The van der Waals surface area contributed by atoms with Crippen LogP contribution in [0, 0.1) is 0 Å². The van der Waals surface area contributed by atoms with E-state index < -0.39 is 11.0 Å². The van der Waals surface area contributed by atoms with Crippen LogP contribution in [0.25, 0.3) is 0 Å². The summed E-state index contributed by atoms with van der Waals surface area (Å²) in [4.78, 5) is 0. The van der Waals surface area contributed by atoms with E-state index in [-0.39, 0.29) is 5.21 Å². The molecule has 0 fully saturated rings. The minimum absolute atomic E-state index is 0.106. The van der Waals surface area contributed by atoms with E-state index in [2.05, 4.69) is 4.72 Å². The van der Waals surface area contributed by atoms with Crippen molar-refractivity contribution in [2.24, 2.45) is 0 Å². The normalized spacial score (nSPS) is 12.5. The first-order valence-electron chi connectivity index (χ1n) is 3.09. The molecule has 11 heavy (non-hydrogen) atoms. The summed E-state index contributed by atoms with van der Waals surface area (Å²) < 4.78 is 13.6. The SMILES string of the molecule is O=S(CCl)Nc1ccccc1. The Balaban J connectivity index is 2.58. The summed E-state index contributed by atoms with van der Waals surface area (Å²) in [7, 11) is -1.16. The Kier molecular flexibility index (Phi) is 3.39. The quantitative estimate of drug-likeness (QED) is 0.724. The summed E-state index contributed by atoms with van der Waals surface area (Å²) in [6.07, 6.45) is 0. The fraction of sp³-hybridized carbons (Fsp3) is 0.143. The number of para-hydroxylation sites is 1. The molecule has 1 rings (SSSR count). The number of rotatable bonds is 3. The molecule has 0 aliphatic rings. The lowest BCUT2D eigenvalue weighted by atomic mass is 10.3. The average molecular weight is 190 g/mol. The molecule has 0 saturated carbocycles. The van der Waals surface area contributed by atoms with Crippen LogP contribution in [0.3, 0.4) is 0 Å². The Morgan fingerprint density at radius 3 is 2.55 bits per heavy atom. The van der Waals surface area contributed by atoms with Gasteiger partial charge < -0.3 is 4.72 Å². The largest absolute Gasteiger partial charge is 0.304 e. The summed E-state index contributed by atoms with van der Waals surface area (Å²) in [5.41, 5.74) is 0.825. The van der Waals surface area contributed by atoms with E-state index >= 15 is 0 Å². The van der Waals surface area contributed by atoms with Crippen molar-refractivity contribution in [1.82, 2.24) is 0 Å². The number of hydrogen-bond donors (Lipinski definition) is 1. The molecule has 0 amide bonds. The molecule has 4 heteroatoms. The average Bonchev–Trinajstić information content (AvgIpc) is 2.06. The fourth-order valence-electron chi connectivity index (χ4n) is 0.665. The highest BCUT2D eigenvalue weighted by molar-refractivity contribution is 7.87. The highest BCUT2D eigenvalue weighted by atomic mass is 35.5. The number of alkyl halides is 1. The smallest absolute Gasteiger partial charge is 0.132 e. The maximum atomic E-state index is 10.8. The van der Waals surface area contributed by atoms with Gasteiger partial charge in [0.25, 0.3) is 0 Å². The zero-order chi connectivity index (χ0) is 8.10. The number of hydrogen-bond acceptors (Lipinski definition) is 1. The second kappa shape index (κ2) is 4.36. The summed E-state index contributed by atoms with van der Waals surface area (Å²) in [6, 6.07) is 9.31. The first-order valence-corrected chi connectivity index (χ1v) is 4.94. The van der Waals surface area contributed by atoms with E-state index in [1.54, 1.807) is 0 Å². The maximum Gasteiger partial charge on any atom is 0.132 e. The number of anilines is 1. The molecule has 0 aromatic heterocycles. The van der Waals surface area contributed by atoms with Gasteiger partial charge in [0.1, 0.15) is 16.2 Å². The van der Waals surface area contributed by atoms with Gasteiger partial charge in [-0.15, -0.1) is 11.6 Å². The van der Waals surface area contributed by atoms with Crippen LogP contribution in [0.15, 0.2) is 30.3 Å². The molecule has 1 atom stereocenters. The van der Waals surface area contributed by atoms with Crippen LogP contribution >= 0.6 is 11.6 Å². The Labute approximate surface area is 73.2 Å². The molecule has 0 aliphatic heterocycles. The molecular weight excluding hydrogens is 182 g/mol. The Bertz CT molecular complexity index is 239. The van der Waals surface area contributed by atoms with Crippen molar-refractivity contribution in [3.05, 3.63) is 30.3 Å². The Morgan fingerprint density at radius 1 is 1.36 bits per heavy atom. The Morgan fingerprint density at radius 2 is 2.00 bits per heavy atom. The van der Waals surface area contributed by atoms with Crippen molar-refractivity contribution in [3.8, 4) is 0 Å². The van der Waals surface area contributed by atoms with Gasteiger partial charge in [-0.25, -0.2) is 4.21 Å². The first-order chi connectivity index (χ1) is 5.33. The van der Waals surface area contributed by atoms with E-state index in [1.807, 2.05) is 30.3 Å². The molecule has 0 spiro atoms. The molecule has 1 N–H and O–H groups in total. The lowest BCUT2D eigenvalue weighted by molar-refractivity contribution is 0.689. The molecule has 0 bridgehead atoms.